The summed E-state index contributed by atoms with van der Waals surface area (Å²) >= 11 is 0. The van der Waals surface area contributed by atoms with Crippen molar-refractivity contribution < 1.29 is 14.3 Å². The normalized spacial score (nSPS) is 10.6. The smallest absolute Gasteiger partial charge is 0.371 e. The maximum atomic E-state index is 11.9. The molecule has 0 saturated carbocycles. The highest BCUT2D eigenvalue weighted by atomic mass is 16.4. The van der Waals surface area contributed by atoms with Gasteiger partial charge in [-0.1, -0.05) is 0 Å². The Morgan fingerprint density at radius 1 is 1.45 bits per heavy atom. The zero-order valence-electron chi connectivity index (χ0n) is 11.5. The van der Waals surface area contributed by atoms with E-state index in [1.807, 2.05) is 14.1 Å². The zero-order chi connectivity index (χ0) is 14.9. The average Bonchev–Trinajstić information content (AvgIpc) is 2.73. The van der Waals surface area contributed by atoms with Crippen LogP contribution in [0.25, 0.3) is 0 Å². The average molecular weight is 277 g/mol. The number of hydrogen-bond donors (Lipinski definition) is 1. The van der Waals surface area contributed by atoms with Gasteiger partial charge < -0.3 is 14.4 Å². The van der Waals surface area contributed by atoms with Crippen LogP contribution in [0.4, 0.5) is 5.69 Å². The van der Waals surface area contributed by atoms with E-state index >= 15 is 0 Å². The number of anilines is 1. The first kappa shape index (κ1) is 13.9. The Balaban J connectivity index is 2.31. The third-order valence-corrected chi connectivity index (χ3v) is 2.92. The van der Waals surface area contributed by atoms with Gasteiger partial charge in [0.05, 0.1) is 18.4 Å². The number of aromatic carboxylic acids is 1. The molecule has 0 atom stereocenters. The van der Waals surface area contributed by atoms with Gasteiger partial charge >= 0.3 is 5.97 Å². The molecule has 106 valence electrons. The van der Waals surface area contributed by atoms with Crippen LogP contribution in [0.15, 0.2) is 27.5 Å². The van der Waals surface area contributed by atoms with E-state index in [0.29, 0.717) is 17.0 Å². The van der Waals surface area contributed by atoms with Crippen LogP contribution in [0.2, 0.25) is 0 Å². The second kappa shape index (κ2) is 5.20. The molecule has 20 heavy (non-hydrogen) atoms. The van der Waals surface area contributed by atoms with Crippen LogP contribution in [0.3, 0.4) is 0 Å². The van der Waals surface area contributed by atoms with Crippen LogP contribution < -0.4 is 10.5 Å². The first-order valence-corrected chi connectivity index (χ1v) is 5.95. The Kier molecular flexibility index (Phi) is 3.60. The minimum Gasteiger partial charge on any atom is -0.475 e. The summed E-state index contributed by atoms with van der Waals surface area (Å²) in [6.07, 6.45) is 1.58. The SMILES string of the molecule is Cc1oc(C(=O)O)cc1Cn1ncc(N(C)C)cc1=O. The molecule has 0 bridgehead atoms. The number of nitrogens with zero attached hydrogens (tertiary/aromatic N) is 3. The summed E-state index contributed by atoms with van der Waals surface area (Å²) in [4.78, 5) is 24.5. The molecule has 1 N–H and O–H groups in total. The van der Waals surface area contributed by atoms with E-state index in [1.165, 1.54) is 16.8 Å². The molecule has 0 aromatic carbocycles. The van der Waals surface area contributed by atoms with Crippen molar-refractivity contribution in [3.63, 3.8) is 0 Å². The van der Waals surface area contributed by atoms with Gasteiger partial charge in [0.2, 0.25) is 5.76 Å². The predicted octanol–water partition coefficient (Wildman–Crippen LogP) is 0.957. The Hall–Kier alpha value is -2.57. The van der Waals surface area contributed by atoms with Crippen molar-refractivity contribution in [2.45, 2.75) is 13.5 Å². The van der Waals surface area contributed by atoms with Crippen molar-refractivity contribution in [1.82, 2.24) is 9.78 Å². The fraction of sp³-hybridized carbons (Fsp3) is 0.308. The highest BCUT2D eigenvalue weighted by Crippen LogP contribution is 2.15. The molecule has 0 saturated heterocycles. The van der Waals surface area contributed by atoms with Gasteiger partial charge in [0.1, 0.15) is 5.76 Å². The lowest BCUT2D eigenvalue weighted by atomic mass is 10.2. The molecule has 0 aliphatic heterocycles. The molecule has 0 amide bonds. The molecule has 2 aromatic heterocycles. The van der Waals surface area contributed by atoms with Gasteiger partial charge in [-0.2, -0.15) is 5.10 Å². The first-order chi connectivity index (χ1) is 9.38. The maximum Gasteiger partial charge on any atom is 0.371 e. The maximum absolute atomic E-state index is 11.9. The summed E-state index contributed by atoms with van der Waals surface area (Å²) < 4.78 is 6.36. The van der Waals surface area contributed by atoms with Crippen molar-refractivity contribution in [2.75, 3.05) is 19.0 Å². The molecule has 0 radical (unpaired) electrons. The van der Waals surface area contributed by atoms with Crippen molar-refractivity contribution in [3.05, 3.63) is 45.8 Å². The molecule has 0 aliphatic carbocycles. The predicted molar refractivity (Wildman–Crippen MR) is 72.3 cm³/mol. The second-order valence-corrected chi connectivity index (χ2v) is 4.60. The van der Waals surface area contributed by atoms with E-state index in [-0.39, 0.29) is 17.9 Å². The quantitative estimate of drug-likeness (QED) is 0.895. The molecule has 0 aliphatic rings. The first-order valence-electron chi connectivity index (χ1n) is 5.95. The number of carboxylic acid groups (broad SMARTS) is 1. The van der Waals surface area contributed by atoms with E-state index in [2.05, 4.69) is 5.10 Å². The summed E-state index contributed by atoms with van der Waals surface area (Å²) in [5, 5.41) is 12.9. The van der Waals surface area contributed by atoms with E-state index in [0.717, 1.165) is 0 Å². The van der Waals surface area contributed by atoms with Crippen molar-refractivity contribution in [1.29, 1.82) is 0 Å². The highest BCUT2D eigenvalue weighted by molar-refractivity contribution is 5.84. The van der Waals surface area contributed by atoms with E-state index in [1.54, 1.807) is 18.0 Å². The minimum atomic E-state index is -1.14. The molecular formula is C13H15N3O4. The molecule has 2 rings (SSSR count). The molecule has 0 unspecified atom stereocenters. The Morgan fingerprint density at radius 3 is 2.65 bits per heavy atom. The summed E-state index contributed by atoms with van der Waals surface area (Å²) in [5.41, 5.74) is 1.07. The molecule has 2 aromatic rings. The van der Waals surface area contributed by atoms with Crippen molar-refractivity contribution in [2.24, 2.45) is 0 Å². The number of rotatable bonds is 4. The lowest BCUT2D eigenvalue weighted by Crippen LogP contribution is -2.24. The van der Waals surface area contributed by atoms with Crippen LogP contribution >= 0.6 is 0 Å². The van der Waals surface area contributed by atoms with Crippen LogP contribution in [-0.4, -0.2) is 35.0 Å². The number of carboxylic acids is 1. The van der Waals surface area contributed by atoms with Gasteiger partial charge in [-0.05, 0) is 13.0 Å². The second-order valence-electron chi connectivity index (χ2n) is 4.60. The van der Waals surface area contributed by atoms with Crippen LogP contribution in [0.1, 0.15) is 21.9 Å². The summed E-state index contributed by atoms with van der Waals surface area (Å²) in [6.45, 7) is 1.83. The molecular weight excluding hydrogens is 262 g/mol. The lowest BCUT2D eigenvalue weighted by molar-refractivity contribution is 0.0661. The van der Waals surface area contributed by atoms with Crippen molar-refractivity contribution >= 4 is 11.7 Å². The van der Waals surface area contributed by atoms with Gasteiger partial charge in [-0.3, -0.25) is 4.79 Å². The van der Waals surface area contributed by atoms with Crippen LogP contribution in [0.5, 0.6) is 0 Å². The highest BCUT2D eigenvalue weighted by Gasteiger charge is 2.14. The summed E-state index contributed by atoms with van der Waals surface area (Å²) in [6, 6.07) is 2.88. The third-order valence-electron chi connectivity index (χ3n) is 2.92. The summed E-state index contributed by atoms with van der Waals surface area (Å²) in [7, 11) is 3.64. The summed E-state index contributed by atoms with van der Waals surface area (Å²) in [5.74, 6) is -0.814. The monoisotopic (exact) mass is 277 g/mol. The number of carbonyl (C=O) groups is 1. The standard InChI is InChI=1S/C13H15N3O4/c1-8-9(4-11(20-8)13(18)19)7-16-12(17)5-10(6-14-16)15(2)3/h4-6H,7H2,1-3H3,(H,18,19). The minimum absolute atomic E-state index is 0.143. The van der Waals surface area contributed by atoms with Gasteiger partial charge in [0.25, 0.3) is 5.56 Å². The fourth-order valence-electron chi connectivity index (χ4n) is 1.73. The molecule has 2 heterocycles. The number of furan rings is 1. The Bertz CT molecular complexity index is 700. The zero-order valence-corrected chi connectivity index (χ0v) is 11.5. The Labute approximate surface area is 115 Å². The Morgan fingerprint density at radius 2 is 2.15 bits per heavy atom. The molecule has 0 fully saturated rings. The van der Waals surface area contributed by atoms with Gasteiger partial charge in [-0.25, -0.2) is 9.48 Å². The fourth-order valence-corrected chi connectivity index (χ4v) is 1.73. The molecule has 0 spiro atoms. The van der Waals surface area contributed by atoms with Gasteiger partial charge in [-0.15, -0.1) is 0 Å². The molecule has 7 nitrogen and oxygen atoms in total. The lowest BCUT2D eigenvalue weighted by Gasteiger charge is -2.12. The van der Waals surface area contributed by atoms with Crippen molar-refractivity contribution in [3.8, 4) is 0 Å². The largest absolute Gasteiger partial charge is 0.475 e. The number of hydrogen-bond acceptors (Lipinski definition) is 5. The third kappa shape index (κ3) is 2.71. The van der Waals surface area contributed by atoms with Gasteiger partial charge in [0.15, 0.2) is 0 Å². The van der Waals surface area contributed by atoms with E-state index < -0.39 is 5.97 Å². The molecule has 7 heteroatoms. The van der Waals surface area contributed by atoms with Crippen LogP contribution in [-0.2, 0) is 6.54 Å². The number of aryl methyl sites for hydroxylation is 1. The number of aromatic nitrogens is 2. The van der Waals surface area contributed by atoms with Crippen LogP contribution in [0, 0.1) is 6.92 Å². The van der Waals surface area contributed by atoms with E-state index in [9.17, 15) is 9.59 Å². The van der Waals surface area contributed by atoms with E-state index in [4.69, 9.17) is 9.52 Å². The van der Waals surface area contributed by atoms with Gasteiger partial charge in [0, 0.05) is 25.7 Å². The topological polar surface area (TPSA) is 88.6 Å².